The fraction of sp³-hybridized carbons (Fsp3) is 1.00. The molecule has 0 amide bonds. The van der Waals surface area contributed by atoms with E-state index >= 15 is 0 Å². The number of likely N-dealkylation sites (N-methyl/N-ethyl adjacent to an activating group) is 2. The lowest BCUT2D eigenvalue weighted by Crippen LogP contribution is -2.49. The Balaban J connectivity index is 0.000000396. The van der Waals surface area contributed by atoms with Crippen LogP contribution in [0.15, 0.2) is 0 Å². The van der Waals surface area contributed by atoms with Crippen LogP contribution in [0.5, 0.6) is 0 Å². The Bertz CT molecular complexity index is 148. The zero-order chi connectivity index (χ0) is 9.90. The third-order valence-corrected chi connectivity index (χ3v) is 3.62. The predicted molar refractivity (Wildman–Crippen MR) is 57.8 cm³/mol. The first-order chi connectivity index (χ1) is 6.20. The molecule has 0 saturated carbocycles. The molecule has 2 heteroatoms. The normalized spacial score (nSPS) is 39.2. The van der Waals surface area contributed by atoms with E-state index in [1.807, 2.05) is 13.8 Å². The van der Waals surface area contributed by atoms with Crippen molar-refractivity contribution >= 4 is 0 Å². The van der Waals surface area contributed by atoms with Gasteiger partial charge in [0.2, 0.25) is 0 Å². The lowest BCUT2D eigenvalue weighted by Gasteiger charge is -2.36. The van der Waals surface area contributed by atoms with Gasteiger partial charge in [0.15, 0.2) is 0 Å². The molecule has 0 radical (unpaired) electrons. The molecule has 3 aliphatic heterocycles. The van der Waals surface area contributed by atoms with E-state index < -0.39 is 0 Å². The van der Waals surface area contributed by atoms with E-state index in [-0.39, 0.29) is 0 Å². The molecule has 0 aromatic rings. The number of quaternary nitrogens is 1. The summed E-state index contributed by atoms with van der Waals surface area (Å²) < 4.78 is 1.33. The highest BCUT2D eigenvalue weighted by Crippen LogP contribution is 2.23. The van der Waals surface area contributed by atoms with Crippen LogP contribution in [0.1, 0.15) is 26.7 Å². The van der Waals surface area contributed by atoms with Crippen LogP contribution >= 0.6 is 0 Å². The zero-order valence-corrected chi connectivity index (χ0v) is 9.71. The van der Waals surface area contributed by atoms with Crippen LogP contribution in [0, 0.1) is 0 Å². The maximum Gasteiger partial charge on any atom is 0.0913 e. The summed E-state index contributed by atoms with van der Waals surface area (Å²) in [6.45, 7) is 9.50. The molecule has 0 aliphatic carbocycles. The van der Waals surface area contributed by atoms with Crippen LogP contribution in [0.25, 0.3) is 0 Å². The summed E-state index contributed by atoms with van der Waals surface area (Å²) in [5.41, 5.74) is 0. The number of piperidine rings is 1. The van der Waals surface area contributed by atoms with Crippen molar-refractivity contribution < 1.29 is 4.48 Å². The van der Waals surface area contributed by atoms with Crippen LogP contribution < -0.4 is 0 Å². The number of nitrogens with zero attached hydrogens (tertiary/aromatic N) is 2. The quantitative estimate of drug-likeness (QED) is 0.518. The van der Waals surface area contributed by atoms with E-state index in [2.05, 4.69) is 19.0 Å². The van der Waals surface area contributed by atoms with Gasteiger partial charge in [-0.25, -0.2) is 0 Å². The molecular formula is C11H25N2+. The monoisotopic (exact) mass is 185 g/mol. The number of hydrogen-bond donors (Lipinski definition) is 0. The highest BCUT2D eigenvalue weighted by atomic mass is 15.4. The van der Waals surface area contributed by atoms with Crippen molar-refractivity contribution in [3.8, 4) is 0 Å². The maximum absolute atomic E-state index is 2.55. The van der Waals surface area contributed by atoms with E-state index in [0.29, 0.717) is 0 Å². The summed E-state index contributed by atoms with van der Waals surface area (Å²) in [7, 11) is 4.70. The van der Waals surface area contributed by atoms with Gasteiger partial charge in [-0.05, 0) is 7.05 Å². The molecule has 0 aromatic heterocycles. The largest absolute Gasteiger partial charge is 0.325 e. The van der Waals surface area contributed by atoms with E-state index in [9.17, 15) is 0 Å². The third-order valence-electron chi connectivity index (χ3n) is 3.62. The molecule has 0 spiro atoms. The second kappa shape index (κ2) is 4.43. The van der Waals surface area contributed by atoms with Crippen LogP contribution in [-0.4, -0.2) is 55.7 Å². The average molecular weight is 185 g/mol. The van der Waals surface area contributed by atoms with Gasteiger partial charge in [-0.1, -0.05) is 13.8 Å². The van der Waals surface area contributed by atoms with Crippen LogP contribution in [-0.2, 0) is 0 Å². The van der Waals surface area contributed by atoms with Gasteiger partial charge in [-0.15, -0.1) is 0 Å². The molecule has 0 aromatic carbocycles. The first-order valence-corrected chi connectivity index (χ1v) is 5.73. The van der Waals surface area contributed by atoms with Gasteiger partial charge >= 0.3 is 0 Å². The summed E-state index contributed by atoms with van der Waals surface area (Å²) >= 11 is 0. The van der Waals surface area contributed by atoms with Crippen molar-refractivity contribution in [2.24, 2.45) is 0 Å². The summed E-state index contributed by atoms with van der Waals surface area (Å²) in [6, 6.07) is 0.906. The smallest absolute Gasteiger partial charge is 0.0913 e. The molecule has 2 nitrogen and oxygen atoms in total. The van der Waals surface area contributed by atoms with Crippen molar-refractivity contribution in [2.75, 3.05) is 40.3 Å². The van der Waals surface area contributed by atoms with Gasteiger partial charge in [-0.2, -0.15) is 0 Å². The molecular weight excluding hydrogens is 160 g/mol. The fourth-order valence-electron chi connectivity index (χ4n) is 2.42. The molecule has 3 aliphatic rings. The summed E-state index contributed by atoms with van der Waals surface area (Å²) in [6.07, 6.45) is 2.85. The van der Waals surface area contributed by atoms with Crippen molar-refractivity contribution in [2.45, 2.75) is 32.7 Å². The second-order valence-corrected chi connectivity index (χ2v) is 4.50. The lowest BCUT2D eigenvalue weighted by molar-refractivity contribution is -0.910. The van der Waals surface area contributed by atoms with Crippen molar-refractivity contribution in [3.63, 3.8) is 0 Å². The number of rotatable bonds is 0. The van der Waals surface area contributed by atoms with Gasteiger partial charge < -0.3 is 4.48 Å². The van der Waals surface area contributed by atoms with Gasteiger partial charge in [0.05, 0.1) is 26.7 Å². The summed E-state index contributed by atoms with van der Waals surface area (Å²) in [5.74, 6) is 0. The SMILES string of the molecule is CC.CN1CC[N+]2(C)CCC1CC2. The molecule has 2 bridgehead atoms. The van der Waals surface area contributed by atoms with Crippen molar-refractivity contribution in [3.05, 3.63) is 0 Å². The second-order valence-electron chi connectivity index (χ2n) is 4.50. The van der Waals surface area contributed by atoms with Crippen molar-refractivity contribution in [1.29, 1.82) is 0 Å². The molecule has 0 atom stereocenters. The van der Waals surface area contributed by atoms with E-state index in [0.717, 1.165) is 6.04 Å². The Morgan fingerprint density at radius 1 is 1.08 bits per heavy atom. The maximum atomic E-state index is 2.55. The van der Waals surface area contributed by atoms with E-state index in [1.165, 1.54) is 43.5 Å². The van der Waals surface area contributed by atoms with Gasteiger partial charge in [-0.3, -0.25) is 4.90 Å². The Hall–Kier alpha value is -0.0800. The van der Waals surface area contributed by atoms with E-state index in [1.54, 1.807) is 0 Å². The zero-order valence-electron chi connectivity index (χ0n) is 9.71. The molecule has 78 valence electrons. The molecule has 3 rings (SSSR count). The molecule has 3 fully saturated rings. The minimum atomic E-state index is 0.906. The van der Waals surface area contributed by atoms with E-state index in [4.69, 9.17) is 0 Å². The highest BCUT2D eigenvalue weighted by molar-refractivity contribution is 4.76. The molecule has 0 N–H and O–H groups in total. The summed E-state index contributed by atoms with van der Waals surface area (Å²) in [4.78, 5) is 2.55. The van der Waals surface area contributed by atoms with Crippen LogP contribution in [0.3, 0.4) is 0 Å². The van der Waals surface area contributed by atoms with Gasteiger partial charge in [0.1, 0.15) is 0 Å². The predicted octanol–water partition coefficient (Wildman–Crippen LogP) is 1.57. The highest BCUT2D eigenvalue weighted by Gasteiger charge is 2.35. The average Bonchev–Trinajstić information content (AvgIpc) is 2.39. The van der Waals surface area contributed by atoms with Crippen LogP contribution in [0.2, 0.25) is 0 Å². The standard InChI is InChI=1S/C9H19N2.C2H6/c1-10-5-8-11(2)6-3-9(10)4-7-11;1-2/h9H,3-8H2,1-2H3;1-2H3/q+1;. The Morgan fingerprint density at radius 3 is 2.15 bits per heavy atom. The van der Waals surface area contributed by atoms with Gasteiger partial charge in [0.25, 0.3) is 0 Å². The molecule has 13 heavy (non-hydrogen) atoms. The van der Waals surface area contributed by atoms with Crippen molar-refractivity contribution in [1.82, 2.24) is 4.90 Å². The molecule has 0 unspecified atom stereocenters. The third kappa shape index (κ3) is 2.44. The molecule has 3 heterocycles. The van der Waals surface area contributed by atoms with Crippen LogP contribution in [0.4, 0.5) is 0 Å². The number of hydrogen-bond acceptors (Lipinski definition) is 1. The topological polar surface area (TPSA) is 3.24 Å². The first-order valence-electron chi connectivity index (χ1n) is 5.73. The Kier molecular flexibility index (Phi) is 3.74. The summed E-state index contributed by atoms with van der Waals surface area (Å²) in [5, 5.41) is 0. The Morgan fingerprint density at radius 2 is 1.62 bits per heavy atom. The Labute approximate surface area is 83.1 Å². The van der Waals surface area contributed by atoms with Gasteiger partial charge in [0, 0.05) is 25.4 Å². The minimum absolute atomic E-state index is 0.906. The molecule has 3 saturated heterocycles. The fourth-order valence-corrected chi connectivity index (χ4v) is 2.42. The first kappa shape index (κ1) is 11.0. The lowest BCUT2D eigenvalue weighted by atomic mass is 10.0. The number of fused-ring (bicyclic) bond motifs is 4. The minimum Gasteiger partial charge on any atom is -0.325 e.